The molecular formula is C27H25NO4. The van der Waals surface area contributed by atoms with Gasteiger partial charge in [0, 0.05) is 23.9 Å². The van der Waals surface area contributed by atoms with Gasteiger partial charge in [-0.1, -0.05) is 12.1 Å². The molecule has 0 bridgehead atoms. The van der Waals surface area contributed by atoms with Crippen LogP contribution in [0.25, 0.3) is 0 Å². The molecule has 5 heteroatoms. The summed E-state index contributed by atoms with van der Waals surface area (Å²) in [5.74, 6) is 1.28. The van der Waals surface area contributed by atoms with E-state index < -0.39 is 0 Å². The lowest BCUT2D eigenvalue weighted by Crippen LogP contribution is -2.10. The maximum Gasteiger partial charge on any atom is 0.169 e. The van der Waals surface area contributed by atoms with Gasteiger partial charge in [-0.2, -0.15) is 0 Å². The van der Waals surface area contributed by atoms with E-state index in [-0.39, 0.29) is 17.2 Å². The first-order valence-electron chi connectivity index (χ1n) is 10.3. The van der Waals surface area contributed by atoms with Crippen LogP contribution in [0.3, 0.4) is 0 Å². The summed E-state index contributed by atoms with van der Waals surface area (Å²) in [6.07, 6.45) is 0. The summed E-state index contributed by atoms with van der Waals surface area (Å²) in [6.45, 7) is 5.72. The van der Waals surface area contributed by atoms with Crippen molar-refractivity contribution < 1.29 is 20.1 Å². The van der Waals surface area contributed by atoms with E-state index in [1.54, 1.807) is 36.4 Å². The number of aromatic hydroxyl groups is 3. The van der Waals surface area contributed by atoms with E-state index in [0.29, 0.717) is 11.5 Å². The van der Waals surface area contributed by atoms with E-state index in [4.69, 9.17) is 4.74 Å². The Morgan fingerprint density at radius 3 is 1.78 bits per heavy atom. The summed E-state index contributed by atoms with van der Waals surface area (Å²) >= 11 is 0. The quantitative estimate of drug-likeness (QED) is 0.320. The minimum Gasteiger partial charge on any atom is -0.508 e. The Labute approximate surface area is 187 Å². The van der Waals surface area contributed by atoms with Gasteiger partial charge in [0.1, 0.15) is 17.2 Å². The fraction of sp³-hybridized carbons (Fsp3) is 0.111. The van der Waals surface area contributed by atoms with Gasteiger partial charge in [0.2, 0.25) is 0 Å². The number of rotatable bonds is 5. The molecule has 32 heavy (non-hydrogen) atoms. The summed E-state index contributed by atoms with van der Waals surface area (Å²) in [4.78, 5) is 1.93. The van der Waals surface area contributed by atoms with E-state index in [1.807, 2.05) is 68.1 Å². The summed E-state index contributed by atoms with van der Waals surface area (Å²) in [5.41, 5.74) is 4.99. The largest absolute Gasteiger partial charge is 0.508 e. The molecule has 0 aliphatic heterocycles. The molecule has 0 unspecified atom stereocenters. The van der Waals surface area contributed by atoms with E-state index in [0.717, 1.165) is 33.8 Å². The van der Waals surface area contributed by atoms with Crippen molar-refractivity contribution in [3.05, 3.63) is 95.6 Å². The molecule has 0 aromatic heterocycles. The van der Waals surface area contributed by atoms with Gasteiger partial charge in [-0.05, 0) is 86.0 Å². The Hall–Kier alpha value is -4.12. The van der Waals surface area contributed by atoms with Gasteiger partial charge in [0.05, 0.1) is 11.4 Å². The molecule has 0 saturated carbocycles. The number of anilines is 3. The minimum absolute atomic E-state index is 0.0690. The Kier molecular flexibility index (Phi) is 5.65. The first kappa shape index (κ1) is 21.1. The normalized spacial score (nSPS) is 10.7. The van der Waals surface area contributed by atoms with Gasteiger partial charge in [-0.3, -0.25) is 0 Å². The van der Waals surface area contributed by atoms with Crippen LogP contribution in [0, 0.1) is 20.8 Å². The third kappa shape index (κ3) is 4.62. The molecular weight excluding hydrogens is 402 g/mol. The van der Waals surface area contributed by atoms with Gasteiger partial charge >= 0.3 is 0 Å². The van der Waals surface area contributed by atoms with Crippen molar-refractivity contribution in [3.63, 3.8) is 0 Å². The van der Waals surface area contributed by atoms with Gasteiger partial charge < -0.3 is 25.0 Å². The number of hydrogen-bond acceptors (Lipinski definition) is 5. The Morgan fingerprint density at radius 1 is 0.594 bits per heavy atom. The predicted molar refractivity (Wildman–Crippen MR) is 127 cm³/mol. The van der Waals surface area contributed by atoms with Crippen molar-refractivity contribution in [2.75, 3.05) is 4.90 Å². The second-order valence-corrected chi connectivity index (χ2v) is 7.96. The lowest BCUT2D eigenvalue weighted by Gasteiger charge is -2.27. The van der Waals surface area contributed by atoms with E-state index in [9.17, 15) is 15.3 Å². The monoisotopic (exact) mass is 427 g/mol. The maximum atomic E-state index is 10.2. The van der Waals surface area contributed by atoms with E-state index >= 15 is 0 Å². The SMILES string of the molecule is Cc1cc(O)cc(N(c2cc(C)cc(O)c2)c2cccc(Oc3ccc(C)cc3O)c2)c1. The average molecular weight is 428 g/mol. The zero-order chi connectivity index (χ0) is 22.8. The fourth-order valence-electron chi connectivity index (χ4n) is 3.72. The van der Waals surface area contributed by atoms with Crippen LogP contribution >= 0.6 is 0 Å². The highest BCUT2D eigenvalue weighted by atomic mass is 16.5. The Balaban J connectivity index is 1.81. The number of hydrogen-bond donors (Lipinski definition) is 3. The molecule has 4 aromatic rings. The molecule has 0 saturated heterocycles. The van der Waals surface area contributed by atoms with Crippen molar-refractivity contribution in [2.24, 2.45) is 0 Å². The summed E-state index contributed by atoms with van der Waals surface area (Å²) in [7, 11) is 0. The average Bonchev–Trinajstić information content (AvgIpc) is 2.69. The molecule has 0 aliphatic carbocycles. The Bertz CT molecular complexity index is 1190. The van der Waals surface area contributed by atoms with Gasteiger partial charge in [0.25, 0.3) is 0 Å². The molecule has 4 rings (SSSR count). The first-order chi connectivity index (χ1) is 15.3. The number of benzene rings is 4. The number of phenols is 3. The van der Waals surface area contributed by atoms with Crippen LogP contribution in [0.15, 0.2) is 78.9 Å². The molecule has 5 nitrogen and oxygen atoms in total. The first-order valence-corrected chi connectivity index (χ1v) is 10.3. The smallest absolute Gasteiger partial charge is 0.169 e. The highest BCUT2D eigenvalue weighted by Gasteiger charge is 2.16. The molecule has 0 fully saturated rings. The van der Waals surface area contributed by atoms with Crippen molar-refractivity contribution in [3.8, 4) is 28.7 Å². The lowest BCUT2D eigenvalue weighted by atomic mass is 10.1. The molecule has 0 spiro atoms. The molecule has 4 aromatic carbocycles. The molecule has 0 atom stereocenters. The molecule has 0 heterocycles. The standard InChI is InChI=1S/C27H25NO4/c1-17-7-8-27(26(31)13-17)32-25-6-4-5-20(16-25)28(21-9-18(2)11-23(29)14-21)22-10-19(3)12-24(30)15-22/h4-16,29-31H,1-3H3. The zero-order valence-corrected chi connectivity index (χ0v) is 18.2. The fourth-order valence-corrected chi connectivity index (χ4v) is 3.72. The Morgan fingerprint density at radius 2 is 1.22 bits per heavy atom. The van der Waals surface area contributed by atoms with Crippen molar-refractivity contribution >= 4 is 17.1 Å². The van der Waals surface area contributed by atoms with Gasteiger partial charge in [-0.15, -0.1) is 0 Å². The van der Waals surface area contributed by atoms with Crippen LogP contribution in [-0.4, -0.2) is 15.3 Å². The van der Waals surface area contributed by atoms with Crippen LogP contribution in [-0.2, 0) is 0 Å². The molecule has 162 valence electrons. The number of aryl methyl sites for hydroxylation is 3. The zero-order valence-electron chi connectivity index (χ0n) is 18.2. The highest BCUT2D eigenvalue weighted by Crippen LogP contribution is 2.40. The molecule has 0 aliphatic rings. The van der Waals surface area contributed by atoms with E-state index in [1.165, 1.54) is 0 Å². The van der Waals surface area contributed by atoms with Gasteiger partial charge in [-0.25, -0.2) is 0 Å². The van der Waals surface area contributed by atoms with Crippen LogP contribution in [0.2, 0.25) is 0 Å². The van der Waals surface area contributed by atoms with Crippen molar-refractivity contribution in [2.45, 2.75) is 20.8 Å². The minimum atomic E-state index is 0.0690. The number of phenolic OH excluding ortho intramolecular Hbond substituents is 3. The molecule has 0 amide bonds. The molecule has 0 radical (unpaired) electrons. The number of nitrogens with zero attached hydrogens (tertiary/aromatic N) is 1. The maximum absolute atomic E-state index is 10.2. The summed E-state index contributed by atoms with van der Waals surface area (Å²) in [5, 5.41) is 30.7. The third-order valence-electron chi connectivity index (χ3n) is 5.03. The van der Waals surface area contributed by atoms with E-state index in [2.05, 4.69) is 0 Å². The predicted octanol–water partition coefficient (Wildman–Crippen LogP) is 6.99. The summed E-state index contributed by atoms with van der Waals surface area (Å²) in [6, 6.07) is 23.3. The van der Waals surface area contributed by atoms with Crippen molar-refractivity contribution in [1.82, 2.24) is 0 Å². The van der Waals surface area contributed by atoms with Crippen molar-refractivity contribution in [1.29, 1.82) is 0 Å². The lowest BCUT2D eigenvalue weighted by molar-refractivity contribution is 0.411. The van der Waals surface area contributed by atoms with Crippen LogP contribution < -0.4 is 9.64 Å². The topological polar surface area (TPSA) is 73.2 Å². The highest BCUT2D eigenvalue weighted by molar-refractivity contribution is 5.79. The summed E-state index contributed by atoms with van der Waals surface area (Å²) < 4.78 is 5.95. The van der Waals surface area contributed by atoms with Gasteiger partial charge in [0.15, 0.2) is 11.5 Å². The van der Waals surface area contributed by atoms with Crippen LogP contribution in [0.4, 0.5) is 17.1 Å². The third-order valence-corrected chi connectivity index (χ3v) is 5.03. The van der Waals surface area contributed by atoms with Crippen LogP contribution in [0.5, 0.6) is 28.7 Å². The second-order valence-electron chi connectivity index (χ2n) is 7.96. The second kappa shape index (κ2) is 8.55. The number of ether oxygens (including phenoxy) is 1. The molecule has 3 N–H and O–H groups in total. The van der Waals surface area contributed by atoms with Crippen LogP contribution in [0.1, 0.15) is 16.7 Å².